The number of anilines is 1. The molecule has 1 N–H and O–H groups in total. The van der Waals surface area contributed by atoms with E-state index in [1.54, 1.807) is 14.2 Å². The van der Waals surface area contributed by atoms with Crippen molar-refractivity contribution in [2.24, 2.45) is 0 Å². The van der Waals surface area contributed by atoms with Crippen LogP contribution in [0, 0.1) is 0 Å². The number of nitrogens with zero attached hydrogens (tertiary/aromatic N) is 2. The molecule has 2 rings (SSSR count). The molecule has 0 bridgehead atoms. The number of hydrogen-bond acceptors (Lipinski definition) is 4. The molecular weight excluding hydrogens is 206 g/mol. The van der Waals surface area contributed by atoms with Crippen molar-refractivity contribution in [3.63, 3.8) is 0 Å². The summed E-state index contributed by atoms with van der Waals surface area (Å²) in [4.78, 5) is 0. The zero-order valence-corrected chi connectivity index (χ0v) is 10.1. The normalized spacial score (nSPS) is 19.6. The predicted molar refractivity (Wildman–Crippen MR) is 61.6 cm³/mol. The van der Waals surface area contributed by atoms with Crippen molar-refractivity contribution in [3.05, 3.63) is 11.8 Å². The van der Waals surface area contributed by atoms with Gasteiger partial charge in [-0.15, -0.1) is 0 Å². The first-order chi connectivity index (χ1) is 7.81. The average molecular weight is 225 g/mol. The molecule has 0 saturated heterocycles. The van der Waals surface area contributed by atoms with Crippen LogP contribution in [0.3, 0.4) is 0 Å². The van der Waals surface area contributed by atoms with Gasteiger partial charge in [-0.2, -0.15) is 5.10 Å². The first-order valence-electron chi connectivity index (χ1n) is 5.67. The summed E-state index contributed by atoms with van der Waals surface area (Å²) < 4.78 is 12.6. The van der Waals surface area contributed by atoms with Crippen molar-refractivity contribution in [2.75, 3.05) is 26.1 Å². The molecule has 16 heavy (non-hydrogen) atoms. The lowest BCUT2D eigenvalue weighted by Gasteiger charge is -2.30. The zero-order chi connectivity index (χ0) is 11.5. The lowest BCUT2D eigenvalue weighted by molar-refractivity contribution is -0.135. The van der Waals surface area contributed by atoms with Gasteiger partial charge in [0.15, 0.2) is 6.29 Å². The molecule has 0 amide bonds. The largest absolute Gasteiger partial charge is 0.370 e. The van der Waals surface area contributed by atoms with Crippen molar-refractivity contribution in [1.82, 2.24) is 9.78 Å². The molecule has 1 aliphatic heterocycles. The Labute approximate surface area is 95.7 Å². The van der Waals surface area contributed by atoms with Gasteiger partial charge in [-0.25, -0.2) is 4.68 Å². The van der Waals surface area contributed by atoms with E-state index in [1.807, 2.05) is 10.9 Å². The van der Waals surface area contributed by atoms with Crippen LogP contribution in [0.5, 0.6) is 0 Å². The lowest BCUT2D eigenvalue weighted by Crippen LogP contribution is -2.34. The van der Waals surface area contributed by atoms with Gasteiger partial charge in [0.05, 0.1) is 6.20 Å². The first-order valence-corrected chi connectivity index (χ1v) is 5.67. The third-order valence-corrected chi connectivity index (χ3v) is 3.08. The SMILES string of the molecule is CCc1cnn2c1NCCC2C(OC)OC. The molecule has 0 aliphatic carbocycles. The fraction of sp³-hybridized carbons (Fsp3) is 0.727. The van der Waals surface area contributed by atoms with Crippen LogP contribution < -0.4 is 5.32 Å². The minimum absolute atomic E-state index is 0.159. The Balaban J connectivity index is 2.29. The molecule has 0 fully saturated rings. The van der Waals surface area contributed by atoms with Gasteiger partial charge in [-0.3, -0.25) is 0 Å². The maximum absolute atomic E-state index is 5.33. The van der Waals surface area contributed by atoms with E-state index in [4.69, 9.17) is 9.47 Å². The summed E-state index contributed by atoms with van der Waals surface area (Å²) in [7, 11) is 3.33. The van der Waals surface area contributed by atoms with Gasteiger partial charge < -0.3 is 14.8 Å². The number of aromatic nitrogens is 2. The minimum Gasteiger partial charge on any atom is -0.370 e. The molecule has 0 spiro atoms. The Morgan fingerprint density at radius 2 is 2.31 bits per heavy atom. The highest BCUT2D eigenvalue weighted by Gasteiger charge is 2.29. The molecular formula is C11H19N3O2. The predicted octanol–water partition coefficient (Wildman–Crippen LogP) is 1.42. The van der Waals surface area contributed by atoms with E-state index in [9.17, 15) is 0 Å². The second-order valence-corrected chi connectivity index (χ2v) is 3.94. The monoisotopic (exact) mass is 225 g/mol. The minimum atomic E-state index is -0.231. The summed E-state index contributed by atoms with van der Waals surface area (Å²) in [6.45, 7) is 3.07. The van der Waals surface area contributed by atoms with Gasteiger partial charge in [0.1, 0.15) is 11.9 Å². The summed E-state index contributed by atoms with van der Waals surface area (Å²) in [6, 6.07) is 0.159. The van der Waals surface area contributed by atoms with Crippen LogP contribution >= 0.6 is 0 Å². The number of aryl methyl sites for hydroxylation is 1. The fourth-order valence-electron chi connectivity index (χ4n) is 2.23. The van der Waals surface area contributed by atoms with Gasteiger partial charge >= 0.3 is 0 Å². The lowest BCUT2D eigenvalue weighted by atomic mass is 10.1. The van der Waals surface area contributed by atoms with E-state index in [2.05, 4.69) is 17.3 Å². The number of fused-ring (bicyclic) bond motifs is 1. The van der Waals surface area contributed by atoms with Gasteiger partial charge in [0, 0.05) is 26.3 Å². The molecule has 1 unspecified atom stereocenters. The molecule has 90 valence electrons. The smallest absolute Gasteiger partial charge is 0.179 e. The second-order valence-electron chi connectivity index (χ2n) is 3.94. The molecule has 1 atom stereocenters. The highest BCUT2D eigenvalue weighted by Crippen LogP contribution is 2.29. The Hall–Kier alpha value is -1.07. The van der Waals surface area contributed by atoms with Crippen LogP contribution in [0.15, 0.2) is 6.20 Å². The van der Waals surface area contributed by atoms with Gasteiger partial charge in [0.2, 0.25) is 0 Å². The topological polar surface area (TPSA) is 48.3 Å². The first kappa shape index (κ1) is 11.4. The van der Waals surface area contributed by atoms with Gasteiger partial charge in [-0.05, 0) is 12.8 Å². The van der Waals surface area contributed by atoms with Crippen LogP contribution in [0.4, 0.5) is 5.82 Å². The van der Waals surface area contributed by atoms with E-state index in [0.717, 1.165) is 25.2 Å². The Kier molecular flexibility index (Phi) is 3.46. The maximum Gasteiger partial charge on any atom is 0.179 e. The Bertz CT molecular complexity index is 347. The number of nitrogens with one attached hydrogen (secondary N) is 1. The van der Waals surface area contributed by atoms with Crippen LogP contribution in [0.2, 0.25) is 0 Å². The third kappa shape index (κ3) is 1.81. The van der Waals surface area contributed by atoms with Gasteiger partial charge in [0.25, 0.3) is 0 Å². The molecule has 5 heteroatoms. The Morgan fingerprint density at radius 1 is 1.56 bits per heavy atom. The molecule has 0 aromatic carbocycles. The quantitative estimate of drug-likeness (QED) is 0.787. The summed E-state index contributed by atoms with van der Waals surface area (Å²) in [5, 5.41) is 7.80. The van der Waals surface area contributed by atoms with Crippen LogP contribution in [0.1, 0.15) is 24.9 Å². The number of rotatable bonds is 4. The standard InChI is InChI=1S/C11H19N3O2/c1-4-8-7-13-14-9(11(15-2)16-3)5-6-12-10(8)14/h7,9,11-12H,4-6H2,1-3H3. The van der Waals surface area contributed by atoms with Crippen molar-refractivity contribution >= 4 is 5.82 Å². The molecule has 1 aromatic heterocycles. The van der Waals surface area contributed by atoms with Crippen molar-refractivity contribution in [2.45, 2.75) is 32.1 Å². The average Bonchev–Trinajstić information content (AvgIpc) is 2.74. The Morgan fingerprint density at radius 3 is 2.94 bits per heavy atom. The van der Waals surface area contributed by atoms with E-state index < -0.39 is 0 Å². The summed E-state index contributed by atoms with van der Waals surface area (Å²) in [5.41, 5.74) is 1.25. The number of hydrogen-bond donors (Lipinski definition) is 1. The van der Waals surface area contributed by atoms with Crippen molar-refractivity contribution in [1.29, 1.82) is 0 Å². The fourth-order valence-corrected chi connectivity index (χ4v) is 2.23. The molecule has 0 saturated carbocycles. The number of methoxy groups -OCH3 is 2. The molecule has 5 nitrogen and oxygen atoms in total. The molecule has 1 aliphatic rings. The maximum atomic E-state index is 5.33. The second kappa shape index (κ2) is 4.84. The molecule has 0 radical (unpaired) electrons. The van der Waals surface area contributed by atoms with Crippen molar-refractivity contribution in [3.8, 4) is 0 Å². The zero-order valence-electron chi connectivity index (χ0n) is 10.1. The van der Waals surface area contributed by atoms with E-state index in [0.29, 0.717) is 0 Å². The third-order valence-electron chi connectivity index (χ3n) is 3.08. The van der Waals surface area contributed by atoms with Crippen molar-refractivity contribution < 1.29 is 9.47 Å². The van der Waals surface area contributed by atoms with E-state index in [1.165, 1.54) is 5.56 Å². The number of ether oxygens (including phenoxy) is 2. The molecule has 2 heterocycles. The summed E-state index contributed by atoms with van der Waals surface area (Å²) in [6.07, 6.45) is 3.64. The summed E-state index contributed by atoms with van der Waals surface area (Å²) >= 11 is 0. The van der Waals surface area contributed by atoms with E-state index >= 15 is 0 Å². The molecule has 1 aromatic rings. The summed E-state index contributed by atoms with van der Waals surface area (Å²) in [5.74, 6) is 1.11. The van der Waals surface area contributed by atoms with Crippen LogP contribution in [-0.4, -0.2) is 36.8 Å². The highest BCUT2D eigenvalue weighted by molar-refractivity contribution is 5.45. The van der Waals surface area contributed by atoms with Gasteiger partial charge in [-0.1, -0.05) is 6.92 Å². The van der Waals surface area contributed by atoms with Crippen LogP contribution in [0.25, 0.3) is 0 Å². The highest BCUT2D eigenvalue weighted by atomic mass is 16.7. The van der Waals surface area contributed by atoms with E-state index in [-0.39, 0.29) is 12.3 Å². The van der Waals surface area contributed by atoms with Crippen LogP contribution in [-0.2, 0) is 15.9 Å².